The van der Waals surface area contributed by atoms with Crippen molar-refractivity contribution in [3.8, 4) is 0 Å². The van der Waals surface area contributed by atoms with Crippen LogP contribution in [0, 0.1) is 0 Å². The Labute approximate surface area is 74.0 Å². The number of aromatic nitrogens is 2. The van der Waals surface area contributed by atoms with Gasteiger partial charge in [-0.2, -0.15) is 0 Å². The second-order valence-electron chi connectivity index (χ2n) is 1.72. The fraction of sp³-hybridized carbons (Fsp3) is 0.571. The molecule has 1 rings (SSSR count). The van der Waals surface area contributed by atoms with Gasteiger partial charge >= 0.3 is 0 Å². The van der Waals surface area contributed by atoms with Crippen LogP contribution in [-0.4, -0.2) is 23.1 Å². The maximum atomic E-state index is 3.67. The summed E-state index contributed by atoms with van der Waals surface area (Å²) >= 11 is 0. The lowest BCUT2D eigenvalue weighted by Gasteiger charge is -1.86. The summed E-state index contributed by atoms with van der Waals surface area (Å²) in [5, 5.41) is 3.11. The largest absolute Gasteiger partial charge is 0.351 e. The van der Waals surface area contributed by atoms with Crippen molar-refractivity contribution in [3.05, 3.63) is 18.7 Å². The van der Waals surface area contributed by atoms with E-state index in [2.05, 4.69) is 29.1 Å². The molecule has 1 aromatic rings. The van der Waals surface area contributed by atoms with Crippen molar-refractivity contribution in [2.75, 3.05) is 13.1 Å². The summed E-state index contributed by atoms with van der Waals surface area (Å²) in [6.07, 6.45) is 5.08. The first kappa shape index (κ1) is 13.1. The molecule has 0 aliphatic carbocycles. The quantitative estimate of drug-likeness (QED) is 0.718. The van der Waals surface area contributed by atoms with Gasteiger partial charge in [-0.15, -0.1) is 12.4 Å². The number of aromatic amines is 1. The van der Waals surface area contributed by atoms with Gasteiger partial charge in [0.2, 0.25) is 0 Å². The van der Waals surface area contributed by atoms with Gasteiger partial charge in [0.05, 0.1) is 6.33 Å². The third-order valence-corrected chi connectivity index (χ3v) is 0.906. The monoisotopic (exact) mass is 177 g/mol. The number of halogens is 1. The molecule has 1 aromatic heterocycles. The Morgan fingerprint density at radius 1 is 1.36 bits per heavy atom. The average Bonchev–Trinajstić information content (AvgIpc) is 2.44. The van der Waals surface area contributed by atoms with Crippen LogP contribution in [0.15, 0.2) is 18.7 Å². The van der Waals surface area contributed by atoms with Crippen LogP contribution in [0.25, 0.3) is 0 Å². The highest BCUT2D eigenvalue weighted by Crippen LogP contribution is 1.62. The summed E-state index contributed by atoms with van der Waals surface area (Å²) in [5.41, 5.74) is 0. The van der Waals surface area contributed by atoms with Crippen molar-refractivity contribution in [2.45, 2.75) is 13.8 Å². The molecule has 0 saturated heterocycles. The molecule has 3 nitrogen and oxygen atoms in total. The maximum absolute atomic E-state index is 3.67. The Hall–Kier alpha value is -0.540. The van der Waals surface area contributed by atoms with Gasteiger partial charge in [0.15, 0.2) is 0 Å². The van der Waals surface area contributed by atoms with E-state index >= 15 is 0 Å². The third kappa shape index (κ3) is 12.6. The van der Waals surface area contributed by atoms with E-state index in [1.54, 1.807) is 18.7 Å². The lowest BCUT2D eigenvalue weighted by Crippen LogP contribution is -2.09. The van der Waals surface area contributed by atoms with Gasteiger partial charge in [-0.25, -0.2) is 4.98 Å². The second-order valence-corrected chi connectivity index (χ2v) is 1.72. The fourth-order valence-corrected chi connectivity index (χ4v) is 0.465. The molecule has 0 amide bonds. The molecule has 11 heavy (non-hydrogen) atoms. The number of hydrogen-bond acceptors (Lipinski definition) is 2. The molecule has 0 fully saturated rings. The molecule has 1 heterocycles. The number of H-pyrrole nitrogens is 1. The Balaban J connectivity index is 0. The van der Waals surface area contributed by atoms with Gasteiger partial charge in [-0.3, -0.25) is 0 Å². The van der Waals surface area contributed by atoms with E-state index in [0.29, 0.717) is 0 Å². The molecule has 0 saturated carbocycles. The minimum atomic E-state index is 0. The van der Waals surface area contributed by atoms with Gasteiger partial charge in [0.1, 0.15) is 0 Å². The van der Waals surface area contributed by atoms with Crippen molar-refractivity contribution in [1.82, 2.24) is 15.3 Å². The van der Waals surface area contributed by atoms with Crippen molar-refractivity contribution in [3.63, 3.8) is 0 Å². The molecule has 0 spiro atoms. The summed E-state index contributed by atoms with van der Waals surface area (Å²) in [6, 6.07) is 0. The minimum absolute atomic E-state index is 0. The lowest BCUT2D eigenvalue weighted by molar-refractivity contribution is 0.762. The van der Waals surface area contributed by atoms with E-state index in [0.717, 1.165) is 13.1 Å². The zero-order valence-corrected chi connectivity index (χ0v) is 7.82. The van der Waals surface area contributed by atoms with E-state index in [4.69, 9.17) is 0 Å². The Bertz CT molecular complexity index is 100. The Kier molecular flexibility index (Phi) is 14.5. The Morgan fingerprint density at radius 2 is 2.00 bits per heavy atom. The second kappa shape index (κ2) is 12.2. The molecule has 0 radical (unpaired) electrons. The van der Waals surface area contributed by atoms with Gasteiger partial charge in [-0.1, -0.05) is 13.8 Å². The zero-order chi connectivity index (χ0) is 7.66. The molecular formula is C7H16ClN3. The van der Waals surface area contributed by atoms with E-state index in [1.165, 1.54) is 0 Å². The summed E-state index contributed by atoms with van der Waals surface area (Å²) < 4.78 is 0. The number of nitrogens with one attached hydrogen (secondary N) is 2. The van der Waals surface area contributed by atoms with Crippen molar-refractivity contribution in [2.24, 2.45) is 0 Å². The first-order valence-electron chi connectivity index (χ1n) is 3.55. The van der Waals surface area contributed by atoms with Crippen LogP contribution in [0.5, 0.6) is 0 Å². The molecule has 0 aromatic carbocycles. The van der Waals surface area contributed by atoms with Crippen molar-refractivity contribution >= 4 is 12.4 Å². The van der Waals surface area contributed by atoms with Crippen LogP contribution in [0.3, 0.4) is 0 Å². The van der Waals surface area contributed by atoms with E-state index in [1.807, 2.05) is 0 Å². The molecule has 0 atom stereocenters. The molecule has 2 N–H and O–H groups in total. The zero-order valence-electron chi connectivity index (χ0n) is 7.00. The highest BCUT2D eigenvalue weighted by molar-refractivity contribution is 5.85. The van der Waals surface area contributed by atoms with Gasteiger partial charge in [0.25, 0.3) is 0 Å². The number of nitrogens with zero attached hydrogens (tertiary/aromatic N) is 1. The van der Waals surface area contributed by atoms with E-state index in [-0.39, 0.29) is 12.4 Å². The third-order valence-electron chi connectivity index (χ3n) is 0.906. The van der Waals surface area contributed by atoms with Crippen LogP contribution in [-0.2, 0) is 0 Å². The standard InChI is InChI=1S/C4H11N.C3H4N2.ClH/c1-3-5-4-2;1-2-5-3-4-1;/h5H,3-4H2,1-2H3;1-3H,(H,4,5);1H. The summed E-state index contributed by atoms with van der Waals surface area (Å²) in [7, 11) is 0. The normalized spacial score (nSPS) is 7.45. The molecule has 0 unspecified atom stereocenters. The van der Waals surface area contributed by atoms with Crippen LogP contribution in [0.1, 0.15) is 13.8 Å². The van der Waals surface area contributed by atoms with E-state index in [9.17, 15) is 0 Å². The van der Waals surface area contributed by atoms with Crippen LogP contribution in [0.2, 0.25) is 0 Å². The molecule has 0 bridgehead atoms. The summed E-state index contributed by atoms with van der Waals surface area (Å²) in [4.78, 5) is 6.42. The predicted octanol–water partition coefficient (Wildman–Crippen LogP) is 1.45. The van der Waals surface area contributed by atoms with E-state index < -0.39 is 0 Å². The number of imidazole rings is 1. The van der Waals surface area contributed by atoms with Gasteiger partial charge < -0.3 is 10.3 Å². The van der Waals surface area contributed by atoms with Crippen LogP contribution in [0.4, 0.5) is 0 Å². The molecule has 0 aliphatic heterocycles. The van der Waals surface area contributed by atoms with Crippen LogP contribution < -0.4 is 5.32 Å². The Morgan fingerprint density at radius 3 is 2.09 bits per heavy atom. The molecular weight excluding hydrogens is 162 g/mol. The average molecular weight is 178 g/mol. The van der Waals surface area contributed by atoms with Crippen molar-refractivity contribution < 1.29 is 0 Å². The highest BCUT2D eigenvalue weighted by Gasteiger charge is 1.62. The lowest BCUT2D eigenvalue weighted by atomic mass is 10.7. The number of hydrogen-bond donors (Lipinski definition) is 2. The minimum Gasteiger partial charge on any atom is -0.351 e. The topological polar surface area (TPSA) is 40.7 Å². The van der Waals surface area contributed by atoms with Gasteiger partial charge in [0, 0.05) is 12.4 Å². The highest BCUT2D eigenvalue weighted by atomic mass is 35.5. The molecule has 0 aliphatic rings. The van der Waals surface area contributed by atoms with Crippen LogP contribution >= 0.6 is 12.4 Å². The molecule has 4 heteroatoms. The first-order chi connectivity index (χ1) is 4.91. The number of rotatable bonds is 2. The molecule has 66 valence electrons. The fourth-order valence-electron chi connectivity index (χ4n) is 0.465. The summed E-state index contributed by atoms with van der Waals surface area (Å²) in [5.74, 6) is 0. The van der Waals surface area contributed by atoms with Gasteiger partial charge in [-0.05, 0) is 13.1 Å². The predicted molar refractivity (Wildman–Crippen MR) is 50.1 cm³/mol. The summed E-state index contributed by atoms with van der Waals surface area (Å²) in [6.45, 7) is 6.39. The van der Waals surface area contributed by atoms with Crippen molar-refractivity contribution in [1.29, 1.82) is 0 Å². The maximum Gasteiger partial charge on any atom is 0.0919 e. The SMILES string of the molecule is CCNCC.Cl.c1c[nH]cn1. The first-order valence-corrected chi connectivity index (χ1v) is 3.55. The smallest absolute Gasteiger partial charge is 0.0919 e.